The first kappa shape index (κ1) is 38.5. The molecule has 0 aliphatic heterocycles. The number of benzene rings is 4. The summed E-state index contributed by atoms with van der Waals surface area (Å²) in [6.45, 7) is 3.82. The third-order valence-electron chi connectivity index (χ3n) is 7.62. The maximum absolute atomic E-state index is 14.3. The number of hydrogen-bond donors (Lipinski definition) is 2. The average molecular weight is 723 g/mol. The summed E-state index contributed by atoms with van der Waals surface area (Å²) >= 11 is 6.32. The van der Waals surface area contributed by atoms with Crippen molar-refractivity contribution in [1.29, 1.82) is 0 Å². The molecule has 0 bridgehead atoms. The summed E-state index contributed by atoms with van der Waals surface area (Å²) in [5.41, 5.74) is 5.80. The Morgan fingerprint density at radius 2 is 1.10 bits per heavy atom. The van der Waals surface area contributed by atoms with Gasteiger partial charge in [0.15, 0.2) is 11.6 Å². The third-order valence-corrected chi connectivity index (χ3v) is 7.94. The highest BCUT2D eigenvalue weighted by molar-refractivity contribution is 6.33. The van der Waals surface area contributed by atoms with Crippen LogP contribution in [0.3, 0.4) is 0 Å². The van der Waals surface area contributed by atoms with Crippen molar-refractivity contribution in [2.24, 2.45) is 0 Å². The number of nitrogens with zero attached hydrogens (tertiary/aromatic N) is 6. The van der Waals surface area contributed by atoms with Crippen LogP contribution in [0.2, 0.25) is 5.02 Å². The van der Waals surface area contributed by atoms with Gasteiger partial charge in [0, 0.05) is 42.7 Å². The smallest absolute Gasteiger partial charge is 0.255 e. The normalized spacial score (nSPS) is 10.2. The van der Waals surface area contributed by atoms with Crippen LogP contribution in [0.25, 0.3) is 0 Å². The van der Waals surface area contributed by atoms with Gasteiger partial charge in [-0.2, -0.15) is 0 Å². The van der Waals surface area contributed by atoms with Crippen LogP contribution in [-0.4, -0.2) is 45.8 Å². The van der Waals surface area contributed by atoms with Gasteiger partial charge in [-0.15, -0.1) is 0 Å². The van der Waals surface area contributed by atoms with E-state index in [1.807, 2.05) is 56.1 Å². The van der Waals surface area contributed by atoms with Gasteiger partial charge < -0.3 is 20.4 Å². The number of anilines is 6. The summed E-state index contributed by atoms with van der Waals surface area (Å²) in [5, 5.41) is 6.07. The Morgan fingerprint density at radius 1 is 0.635 bits per heavy atom. The molecule has 0 aliphatic rings. The van der Waals surface area contributed by atoms with Gasteiger partial charge in [-0.1, -0.05) is 54.4 Å². The molecule has 0 spiro atoms. The Kier molecular flexibility index (Phi) is 13.0. The number of aryl methyl sites for hydroxylation is 2. The first-order chi connectivity index (χ1) is 24.5. The molecule has 0 saturated heterocycles. The molecular formula is C39H37ClF2N8O2. The van der Waals surface area contributed by atoms with Crippen LogP contribution in [0.4, 0.5) is 42.9 Å². The van der Waals surface area contributed by atoms with Gasteiger partial charge in [-0.25, -0.2) is 28.7 Å². The Balaban J connectivity index is 0.000000228. The van der Waals surface area contributed by atoms with Gasteiger partial charge in [0.25, 0.3) is 11.8 Å². The highest BCUT2D eigenvalue weighted by Gasteiger charge is 2.18. The predicted molar refractivity (Wildman–Crippen MR) is 203 cm³/mol. The lowest BCUT2D eigenvalue weighted by Gasteiger charge is -2.20. The molecule has 0 aliphatic carbocycles. The van der Waals surface area contributed by atoms with Crippen molar-refractivity contribution < 1.29 is 18.4 Å². The van der Waals surface area contributed by atoms with Crippen LogP contribution in [0.15, 0.2) is 116 Å². The standard InChI is InChI=1S/C19H17ClN4O.C19H16F2N4O.CH4/c1-13-4-3-5-14(8-13)19(25)23-15-6-7-17(20)18(9-15)24(2)16-10-21-12-22-11-16;1-12-4-3-5-13(6-12)19(26)24-14-7-16(20)18(21)17(8-14)25(2)15-9-22-11-23-10-15;/h3-12H,1-2H3,(H,23,25);3-11H,1-2H3,(H,24,26);1H4. The largest absolute Gasteiger partial charge is 0.341 e. The molecule has 2 aromatic heterocycles. The number of carbonyl (C=O) groups excluding carboxylic acids is 2. The van der Waals surface area contributed by atoms with Crippen LogP contribution < -0.4 is 20.4 Å². The van der Waals surface area contributed by atoms with Crippen LogP contribution in [0.1, 0.15) is 39.3 Å². The van der Waals surface area contributed by atoms with Crippen molar-refractivity contribution in [3.05, 3.63) is 155 Å². The lowest BCUT2D eigenvalue weighted by Crippen LogP contribution is -2.16. The summed E-state index contributed by atoms with van der Waals surface area (Å²) in [5.74, 6) is -2.66. The maximum Gasteiger partial charge on any atom is 0.255 e. The number of amides is 2. The fourth-order valence-corrected chi connectivity index (χ4v) is 5.17. The zero-order valence-corrected chi connectivity index (χ0v) is 28.9. The quantitative estimate of drug-likeness (QED) is 0.160. The molecule has 0 unspecified atom stereocenters. The Morgan fingerprint density at radius 3 is 1.60 bits per heavy atom. The monoisotopic (exact) mass is 722 g/mol. The minimum atomic E-state index is -1.06. The molecule has 0 radical (unpaired) electrons. The van der Waals surface area contributed by atoms with Crippen molar-refractivity contribution in [1.82, 2.24) is 19.9 Å². The average Bonchev–Trinajstić information content (AvgIpc) is 3.14. The van der Waals surface area contributed by atoms with Crippen molar-refractivity contribution in [2.75, 3.05) is 34.5 Å². The number of rotatable bonds is 8. The molecule has 2 amide bonds. The van der Waals surface area contributed by atoms with E-state index in [1.54, 1.807) is 55.8 Å². The van der Waals surface area contributed by atoms with E-state index in [4.69, 9.17) is 11.6 Å². The SMILES string of the molecule is C.Cc1cccc(C(=O)Nc2cc(F)c(F)c(N(C)c3cncnc3)c2)c1.Cc1cccc(C(=O)Nc2ccc(Cl)c(N(C)c3cncnc3)c2)c1. The molecule has 4 aromatic carbocycles. The Labute approximate surface area is 306 Å². The van der Waals surface area contributed by atoms with E-state index in [1.165, 1.54) is 36.0 Å². The molecule has 52 heavy (non-hydrogen) atoms. The third kappa shape index (κ3) is 9.70. The van der Waals surface area contributed by atoms with E-state index in [0.717, 1.165) is 28.6 Å². The molecule has 2 N–H and O–H groups in total. The second kappa shape index (κ2) is 17.6. The summed E-state index contributed by atoms with van der Waals surface area (Å²) in [7, 11) is 3.43. The molecule has 0 atom stereocenters. The summed E-state index contributed by atoms with van der Waals surface area (Å²) in [6, 6.07) is 22.1. The van der Waals surface area contributed by atoms with Crippen LogP contribution in [0.5, 0.6) is 0 Å². The molecule has 0 saturated carbocycles. The fraction of sp³-hybridized carbons (Fsp3) is 0.128. The van der Waals surface area contributed by atoms with Gasteiger partial charge in [-0.3, -0.25) is 9.59 Å². The van der Waals surface area contributed by atoms with Gasteiger partial charge in [0.1, 0.15) is 12.7 Å². The van der Waals surface area contributed by atoms with Crippen molar-refractivity contribution in [2.45, 2.75) is 21.3 Å². The van der Waals surface area contributed by atoms with Crippen LogP contribution in [0, 0.1) is 25.5 Å². The number of aromatic nitrogens is 4. The number of nitrogens with one attached hydrogen (secondary N) is 2. The molecule has 6 rings (SSSR count). The van der Waals surface area contributed by atoms with Gasteiger partial charge in [0.2, 0.25) is 0 Å². The van der Waals surface area contributed by atoms with E-state index in [9.17, 15) is 18.4 Å². The highest BCUT2D eigenvalue weighted by atomic mass is 35.5. The Bertz CT molecular complexity index is 2160. The highest BCUT2D eigenvalue weighted by Crippen LogP contribution is 2.33. The number of carbonyl (C=O) groups is 2. The van der Waals surface area contributed by atoms with Crippen molar-refractivity contribution in [3.8, 4) is 0 Å². The molecule has 13 heteroatoms. The second-order valence-corrected chi connectivity index (χ2v) is 11.8. The first-order valence-corrected chi connectivity index (χ1v) is 15.9. The maximum atomic E-state index is 14.3. The van der Waals surface area contributed by atoms with E-state index in [-0.39, 0.29) is 24.7 Å². The number of halogens is 3. The van der Waals surface area contributed by atoms with Crippen molar-refractivity contribution >= 4 is 57.5 Å². The zero-order valence-electron chi connectivity index (χ0n) is 28.1. The van der Waals surface area contributed by atoms with Gasteiger partial charge >= 0.3 is 0 Å². The van der Waals surface area contributed by atoms with Gasteiger partial charge in [-0.05, 0) is 62.4 Å². The summed E-state index contributed by atoms with van der Waals surface area (Å²) < 4.78 is 28.3. The van der Waals surface area contributed by atoms with E-state index in [0.29, 0.717) is 27.5 Å². The molecule has 10 nitrogen and oxygen atoms in total. The first-order valence-electron chi connectivity index (χ1n) is 15.5. The lowest BCUT2D eigenvalue weighted by atomic mass is 10.1. The molecular weight excluding hydrogens is 686 g/mol. The van der Waals surface area contributed by atoms with Crippen molar-refractivity contribution in [3.63, 3.8) is 0 Å². The zero-order chi connectivity index (χ0) is 36.5. The van der Waals surface area contributed by atoms with Gasteiger partial charge in [0.05, 0.1) is 52.6 Å². The number of hydrogen-bond acceptors (Lipinski definition) is 8. The molecule has 6 aromatic rings. The van der Waals surface area contributed by atoms with Crippen LogP contribution in [-0.2, 0) is 0 Å². The fourth-order valence-electron chi connectivity index (χ4n) is 4.92. The molecule has 0 fully saturated rings. The second-order valence-electron chi connectivity index (χ2n) is 11.4. The van der Waals surface area contributed by atoms with Crippen LogP contribution >= 0.6 is 11.6 Å². The lowest BCUT2D eigenvalue weighted by molar-refractivity contribution is 0.101. The predicted octanol–water partition coefficient (Wildman–Crippen LogP) is 9.18. The molecule has 266 valence electrons. The minimum absolute atomic E-state index is 0. The Hall–Kier alpha value is -6.27. The summed E-state index contributed by atoms with van der Waals surface area (Å²) in [4.78, 5) is 43.8. The van der Waals surface area contributed by atoms with E-state index < -0.39 is 17.5 Å². The van der Waals surface area contributed by atoms with E-state index >= 15 is 0 Å². The van der Waals surface area contributed by atoms with E-state index in [2.05, 4.69) is 30.6 Å². The topological polar surface area (TPSA) is 116 Å². The minimum Gasteiger partial charge on any atom is -0.341 e. The summed E-state index contributed by atoms with van der Waals surface area (Å²) in [6.07, 6.45) is 9.15. The molecule has 2 heterocycles.